The maximum absolute atomic E-state index is 8.55. The van der Waals surface area contributed by atoms with Crippen molar-refractivity contribution in [1.29, 1.82) is 0 Å². The Labute approximate surface area is 203 Å². The van der Waals surface area contributed by atoms with Crippen LogP contribution in [-0.2, 0) is 63.0 Å². The molecule has 0 rings (SSSR count). The summed E-state index contributed by atoms with van der Waals surface area (Å²) in [4.78, 5) is 25.6. The van der Waals surface area contributed by atoms with Crippen LogP contribution in [0.2, 0.25) is 0 Å². The predicted octanol–water partition coefficient (Wildman–Crippen LogP) is 4.37. The van der Waals surface area contributed by atoms with Crippen molar-refractivity contribution >= 4 is 7.82 Å². The standard InChI is InChI=1S/3C6H13.H3O4P.3Zn/c3*1-3-5-6-4-2;1-5(2,3)4;;;/h3*1,3-6H2,2H3;(H3,1,2,3,4);;;/q3*-1;;3*+2/p-3. The van der Waals surface area contributed by atoms with Gasteiger partial charge in [-0.15, -0.1) is 0 Å². The normalized spacial score (nSPS) is 8.50. The van der Waals surface area contributed by atoms with E-state index in [9.17, 15) is 0 Å². The van der Waals surface area contributed by atoms with Crippen LogP contribution < -0.4 is 14.7 Å². The molecule has 0 aromatic heterocycles. The summed E-state index contributed by atoms with van der Waals surface area (Å²) in [6, 6.07) is 0. The maximum Gasteiger partial charge on any atom is 2.00 e. The van der Waals surface area contributed by atoms with Crippen LogP contribution in [0.25, 0.3) is 0 Å². The molecule has 0 fully saturated rings. The zero-order valence-corrected chi connectivity index (χ0v) is 27.6. The van der Waals surface area contributed by atoms with Crippen molar-refractivity contribution in [2.24, 2.45) is 0 Å². The van der Waals surface area contributed by atoms with Gasteiger partial charge < -0.3 is 40.0 Å². The monoisotopic (exact) mass is 542 g/mol. The zero-order valence-electron chi connectivity index (χ0n) is 17.8. The summed E-state index contributed by atoms with van der Waals surface area (Å²) in [6.07, 6.45) is 15.2. The fourth-order valence-electron chi connectivity index (χ4n) is 1.28. The molecule has 0 unspecified atom stereocenters. The number of rotatable bonds is 9. The van der Waals surface area contributed by atoms with Gasteiger partial charge in [0.05, 0.1) is 0 Å². The summed E-state index contributed by atoms with van der Waals surface area (Å²) < 4.78 is 8.55. The van der Waals surface area contributed by atoms with Crippen LogP contribution in [0.5, 0.6) is 0 Å². The SMILES string of the molecule is O=P([O-])([O-])[O-].[CH2-]CCCCC.[CH2-]CCCCC.[CH2-]CCCCC.[Zn+2].[Zn+2].[Zn+2]. The topological polar surface area (TPSA) is 86.2 Å². The largest absolute Gasteiger partial charge is 2.00 e. The third-order valence-electron chi connectivity index (χ3n) is 2.56. The third-order valence-corrected chi connectivity index (χ3v) is 2.56. The van der Waals surface area contributed by atoms with E-state index in [1.54, 1.807) is 0 Å². The molecule has 0 aromatic rings. The van der Waals surface area contributed by atoms with E-state index in [-0.39, 0.29) is 58.4 Å². The molecule has 0 N–H and O–H groups in total. The molecule has 0 amide bonds. The molecule has 0 spiro atoms. The van der Waals surface area contributed by atoms with Crippen molar-refractivity contribution in [3.05, 3.63) is 20.8 Å². The summed E-state index contributed by atoms with van der Waals surface area (Å²) in [7, 11) is -5.39. The molecule has 4 nitrogen and oxygen atoms in total. The second kappa shape index (κ2) is 45.6. The van der Waals surface area contributed by atoms with E-state index in [2.05, 4.69) is 41.5 Å². The van der Waals surface area contributed by atoms with Crippen molar-refractivity contribution in [3.63, 3.8) is 0 Å². The molecule has 26 heavy (non-hydrogen) atoms. The van der Waals surface area contributed by atoms with Crippen LogP contribution in [0.4, 0.5) is 0 Å². The average molecular weight is 547 g/mol. The predicted molar refractivity (Wildman–Crippen MR) is 96.1 cm³/mol. The van der Waals surface area contributed by atoms with Crippen LogP contribution in [0.3, 0.4) is 0 Å². The molecule has 0 atom stereocenters. The number of phosphoric acid groups is 1. The molecule has 0 radical (unpaired) electrons. The fourth-order valence-corrected chi connectivity index (χ4v) is 1.28. The first-order chi connectivity index (χ1) is 10.7. The van der Waals surface area contributed by atoms with Gasteiger partial charge in [-0.1, -0.05) is 78.6 Å². The molecular weight excluding hydrogens is 507 g/mol. The number of hydrogen-bond donors (Lipinski definition) is 0. The Hall–Kier alpha value is 1.98. The van der Waals surface area contributed by atoms with E-state index in [0.717, 1.165) is 19.3 Å². The molecule has 0 aromatic carbocycles. The second-order valence-electron chi connectivity index (χ2n) is 5.13. The van der Waals surface area contributed by atoms with Crippen molar-refractivity contribution in [2.45, 2.75) is 97.8 Å². The Morgan fingerprint density at radius 2 is 0.731 bits per heavy atom. The van der Waals surface area contributed by atoms with Crippen LogP contribution in [-0.4, -0.2) is 0 Å². The molecule has 0 aliphatic heterocycles. The van der Waals surface area contributed by atoms with E-state index in [0.29, 0.717) is 0 Å². The van der Waals surface area contributed by atoms with E-state index in [1.807, 2.05) is 0 Å². The first-order valence-corrected chi connectivity index (χ1v) is 10.3. The zero-order chi connectivity index (χ0) is 19.0. The van der Waals surface area contributed by atoms with Crippen LogP contribution in [0.15, 0.2) is 0 Å². The Bertz CT molecular complexity index is 179. The Morgan fingerprint density at radius 3 is 0.769 bits per heavy atom. The van der Waals surface area contributed by atoms with Crippen molar-refractivity contribution in [2.75, 3.05) is 0 Å². The molecule has 0 aliphatic rings. The van der Waals surface area contributed by atoms with E-state index >= 15 is 0 Å². The maximum atomic E-state index is 8.55. The van der Waals surface area contributed by atoms with Gasteiger partial charge in [-0.25, -0.2) is 0 Å². The van der Waals surface area contributed by atoms with E-state index < -0.39 is 7.82 Å². The Kier molecular flexibility index (Phi) is 81.2. The van der Waals surface area contributed by atoms with Crippen molar-refractivity contribution < 1.29 is 77.7 Å². The molecule has 0 saturated heterocycles. The van der Waals surface area contributed by atoms with Gasteiger partial charge in [-0.05, 0) is 0 Å². The molecular formula is C18H39O4PZn3. The summed E-state index contributed by atoms with van der Waals surface area (Å²) >= 11 is 0. The third kappa shape index (κ3) is 134. The summed E-state index contributed by atoms with van der Waals surface area (Å²) in [6.45, 7) is 17.8. The van der Waals surface area contributed by atoms with Gasteiger partial charge in [0.25, 0.3) is 0 Å². The number of hydrogen-bond acceptors (Lipinski definition) is 4. The summed E-state index contributed by atoms with van der Waals surface area (Å²) in [5, 5.41) is 0. The molecule has 0 bridgehead atoms. The smallest absolute Gasteiger partial charge is 0.822 e. The first-order valence-electron chi connectivity index (χ1n) is 8.85. The Morgan fingerprint density at radius 1 is 0.577 bits per heavy atom. The van der Waals surface area contributed by atoms with Crippen LogP contribution >= 0.6 is 7.82 Å². The van der Waals surface area contributed by atoms with Gasteiger partial charge in [0.15, 0.2) is 0 Å². The molecule has 0 saturated carbocycles. The van der Waals surface area contributed by atoms with Gasteiger partial charge >= 0.3 is 58.4 Å². The fraction of sp³-hybridized carbons (Fsp3) is 0.833. The molecule has 0 heterocycles. The van der Waals surface area contributed by atoms with E-state index in [4.69, 9.17) is 19.2 Å². The van der Waals surface area contributed by atoms with Gasteiger partial charge in [-0.3, -0.25) is 0 Å². The van der Waals surface area contributed by atoms with Crippen molar-refractivity contribution in [1.82, 2.24) is 0 Å². The summed E-state index contributed by atoms with van der Waals surface area (Å²) in [5.41, 5.74) is 0. The van der Waals surface area contributed by atoms with Gasteiger partial charge in [0, 0.05) is 0 Å². The minimum Gasteiger partial charge on any atom is -0.822 e. The number of unbranched alkanes of at least 4 members (excludes halogenated alkanes) is 9. The van der Waals surface area contributed by atoms with Gasteiger partial charge in [-0.2, -0.15) is 27.1 Å². The van der Waals surface area contributed by atoms with Gasteiger partial charge in [0.2, 0.25) is 0 Å². The van der Waals surface area contributed by atoms with Crippen molar-refractivity contribution in [3.8, 4) is 0 Å². The molecule has 8 heteroatoms. The quantitative estimate of drug-likeness (QED) is 0.186. The second-order valence-corrected chi connectivity index (χ2v) is 6.02. The summed E-state index contributed by atoms with van der Waals surface area (Å²) in [5.74, 6) is 0. The average Bonchev–Trinajstić information content (AvgIpc) is 2.48. The minimum atomic E-state index is -5.39. The molecule has 0 aliphatic carbocycles. The van der Waals surface area contributed by atoms with Crippen LogP contribution in [0, 0.1) is 20.8 Å². The van der Waals surface area contributed by atoms with Gasteiger partial charge in [0.1, 0.15) is 0 Å². The first kappa shape index (κ1) is 46.3. The Balaban J connectivity index is -0.0000000357. The molecule has 146 valence electrons. The van der Waals surface area contributed by atoms with E-state index in [1.165, 1.54) is 57.8 Å². The van der Waals surface area contributed by atoms with Crippen LogP contribution in [0.1, 0.15) is 97.8 Å². The minimum absolute atomic E-state index is 0.